The summed E-state index contributed by atoms with van der Waals surface area (Å²) in [5.41, 5.74) is 0. The Labute approximate surface area is 105 Å². The van der Waals surface area contributed by atoms with Gasteiger partial charge in [-0.15, -0.1) is 12.4 Å². The molecule has 1 aliphatic heterocycles. The molecule has 2 rings (SSSR count). The average Bonchev–Trinajstić information content (AvgIpc) is 2.31. The van der Waals surface area contributed by atoms with E-state index in [1.165, 1.54) is 0 Å². The summed E-state index contributed by atoms with van der Waals surface area (Å²) in [6.45, 7) is 2.12. The average molecular weight is 261 g/mol. The molecule has 1 aromatic heterocycles. The maximum Gasteiger partial charge on any atom is 0.127 e. The topological polar surface area (TPSA) is 42.0 Å². The molecule has 0 radical (unpaired) electrons. The number of pyridine rings is 1. The van der Waals surface area contributed by atoms with Crippen molar-refractivity contribution in [3.05, 3.63) is 24.4 Å². The van der Waals surface area contributed by atoms with Crippen LogP contribution >= 0.6 is 12.4 Å². The zero-order valence-corrected chi connectivity index (χ0v) is 10.7. The normalized spacial score (nSPS) is 18.8. The second-order valence-electron chi connectivity index (χ2n) is 3.87. The highest BCUT2D eigenvalue weighted by Crippen LogP contribution is 2.15. The Kier molecular flexibility index (Phi) is 5.95. The number of nitrogens with zero attached hydrogens (tertiary/aromatic N) is 1. The molecule has 1 aliphatic rings. The van der Waals surface area contributed by atoms with Crippen LogP contribution < -0.4 is 5.32 Å². The van der Waals surface area contributed by atoms with Crippen LogP contribution in [0.3, 0.4) is 0 Å². The molecule has 1 fully saturated rings. The molecule has 0 aliphatic carbocycles. The molecule has 90 valence electrons. The minimum absolute atomic E-state index is 0. The van der Waals surface area contributed by atoms with Gasteiger partial charge in [-0.2, -0.15) is 0 Å². The summed E-state index contributed by atoms with van der Waals surface area (Å²) in [6, 6.07) is 5.59. The van der Waals surface area contributed by atoms with E-state index in [0.29, 0.717) is 5.92 Å². The molecule has 3 nitrogen and oxygen atoms in total. The molecule has 2 heterocycles. The molecule has 16 heavy (non-hydrogen) atoms. The molecule has 0 bridgehead atoms. The van der Waals surface area contributed by atoms with Crippen LogP contribution in [0.15, 0.2) is 29.4 Å². The smallest absolute Gasteiger partial charge is 0.127 e. The van der Waals surface area contributed by atoms with Crippen molar-refractivity contribution in [2.75, 3.05) is 18.8 Å². The Morgan fingerprint density at radius 1 is 1.38 bits per heavy atom. The lowest BCUT2D eigenvalue weighted by Gasteiger charge is -2.21. The van der Waals surface area contributed by atoms with E-state index < -0.39 is 10.8 Å². The predicted molar refractivity (Wildman–Crippen MR) is 68.4 cm³/mol. The van der Waals surface area contributed by atoms with Crippen LogP contribution in [0, 0.1) is 5.92 Å². The monoisotopic (exact) mass is 260 g/mol. The predicted octanol–water partition coefficient (Wildman–Crippen LogP) is 1.61. The Morgan fingerprint density at radius 3 is 2.75 bits per heavy atom. The van der Waals surface area contributed by atoms with Gasteiger partial charge in [0.1, 0.15) is 5.03 Å². The van der Waals surface area contributed by atoms with Gasteiger partial charge in [-0.3, -0.25) is 4.21 Å². The third-order valence-electron chi connectivity index (χ3n) is 2.72. The number of halogens is 1. The van der Waals surface area contributed by atoms with E-state index in [9.17, 15) is 4.21 Å². The quantitative estimate of drug-likeness (QED) is 0.898. The molecule has 0 spiro atoms. The first kappa shape index (κ1) is 13.6. The van der Waals surface area contributed by atoms with E-state index >= 15 is 0 Å². The van der Waals surface area contributed by atoms with Crippen LogP contribution in [0.5, 0.6) is 0 Å². The number of hydrogen-bond acceptors (Lipinski definition) is 3. The standard InChI is InChI=1S/C11H16N2OS.ClH/c14-15(11-3-1-2-6-13-11)9-10-4-7-12-8-5-10;/h1-3,6,10,12H,4-5,7-9H2;1H. The highest BCUT2D eigenvalue weighted by molar-refractivity contribution is 7.84. The molecule has 0 amide bonds. The molecule has 1 unspecified atom stereocenters. The molecule has 1 aromatic rings. The number of piperidine rings is 1. The van der Waals surface area contributed by atoms with Crippen molar-refractivity contribution in [3.8, 4) is 0 Å². The summed E-state index contributed by atoms with van der Waals surface area (Å²) in [7, 11) is -0.920. The third kappa shape index (κ3) is 3.85. The summed E-state index contributed by atoms with van der Waals surface area (Å²) < 4.78 is 11.9. The van der Waals surface area contributed by atoms with Crippen LogP contribution in [-0.4, -0.2) is 28.0 Å². The summed E-state index contributed by atoms with van der Waals surface area (Å²) in [5, 5.41) is 4.03. The zero-order chi connectivity index (χ0) is 10.5. The second-order valence-corrected chi connectivity index (χ2v) is 5.32. The van der Waals surface area contributed by atoms with E-state index in [1.807, 2.05) is 18.2 Å². The van der Waals surface area contributed by atoms with Crippen molar-refractivity contribution in [1.29, 1.82) is 0 Å². The lowest BCUT2D eigenvalue weighted by molar-refractivity contribution is 0.405. The lowest BCUT2D eigenvalue weighted by atomic mass is 10.0. The van der Waals surface area contributed by atoms with E-state index in [2.05, 4.69) is 10.3 Å². The van der Waals surface area contributed by atoms with Crippen LogP contribution in [0.25, 0.3) is 0 Å². The van der Waals surface area contributed by atoms with Crippen molar-refractivity contribution in [1.82, 2.24) is 10.3 Å². The molecule has 0 aromatic carbocycles. The van der Waals surface area contributed by atoms with Gasteiger partial charge < -0.3 is 5.32 Å². The summed E-state index contributed by atoms with van der Waals surface area (Å²) in [4.78, 5) is 4.13. The van der Waals surface area contributed by atoms with Crippen molar-refractivity contribution in [2.24, 2.45) is 5.92 Å². The Bertz CT molecular complexity index is 328. The SMILES string of the molecule is Cl.O=S(CC1CCNCC1)c1ccccn1. The van der Waals surface area contributed by atoms with E-state index in [0.717, 1.165) is 36.7 Å². The fourth-order valence-electron chi connectivity index (χ4n) is 1.83. The van der Waals surface area contributed by atoms with Crippen LogP contribution in [-0.2, 0) is 10.8 Å². The summed E-state index contributed by atoms with van der Waals surface area (Å²) in [6.07, 6.45) is 3.98. The number of rotatable bonds is 3. The molecule has 1 N–H and O–H groups in total. The van der Waals surface area contributed by atoms with E-state index in [-0.39, 0.29) is 12.4 Å². The van der Waals surface area contributed by atoms with Gasteiger partial charge in [0.15, 0.2) is 0 Å². The van der Waals surface area contributed by atoms with Gasteiger partial charge in [0.2, 0.25) is 0 Å². The van der Waals surface area contributed by atoms with Gasteiger partial charge in [0.25, 0.3) is 0 Å². The first-order valence-corrected chi connectivity index (χ1v) is 6.68. The fraction of sp³-hybridized carbons (Fsp3) is 0.545. The maximum absolute atomic E-state index is 11.9. The molecule has 0 saturated carbocycles. The maximum atomic E-state index is 11.9. The van der Waals surface area contributed by atoms with Crippen LogP contribution in [0.2, 0.25) is 0 Å². The molecular formula is C11H17ClN2OS. The van der Waals surface area contributed by atoms with E-state index in [1.54, 1.807) is 6.20 Å². The van der Waals surface area contributed by atoms with Crippen molar-refractivity contribution >= 4 is 23.2 Å². The Morgan fingerprint density at radius 2 is 2.12 bits per heavy atom. The minimum Gasteiger partial charge on any atom is -0.317 e. The second kappa shape index (κ2) is 6.99. The third-order valence-corrected chi connectivity index (χ3v) is 4.20. The summed E-state index contributed by atoms with van der Waals surface area (Å²) >= 11 is 0. The number of nitrogens with one attached hydrogen (secondary N) is 1. The number of aromatic nitrogens is 1. The minimum atomic E-state index is -0.920. The highest BCUT2D eigenvalue weighted by atomic mass is 35.5. The van der Waals surface area contributed by atoms with Gasteiger partial charge >= 0.3 is 0 Å². The number of hydrogen-bond donors (Lipinski definition) is 1. The van der Waals surface area contributed by atoms with Gasteiger partial charge in [0, 0.05) is 11.9 Å². The largest absolute Gasteiger partial charge is 0.317 e. The van der Waals surface area contributed by atoms with Crippen molar-refractivity contribution in [3.63, 3.8) is 0 Å². The van der Waals surface area contributed by atoms with E-state index in [4.69, 9.17) is 0 Å². The van der Waals surface area contributed by atoms with Crippen LogP contribution in [0.1, 0.15) is 12.8 Å². The first-order chi connectivity index (χ1) is 7.36. The molecule has 1 atom stereocenters. The highest BCUT2D eigenvalue weighted by Gasteiger charge is 2.17. The van der Waals surface area contributed by atoms with Gasteiger partial charge in [0.05, 0.1) is 10.8 Å². The molecule has 1 saturated heterocycles. The Hall–Kier alpha value is -0.450. The van der Waals surface area contributed by atoms with Crippen LogP contribution in [0.4, 0.5) is 0 Å². The Balaban J connectivity index is 0.00000128. The van der Waals surface area contributed by atoms with Gasteiger partial charge in [-0.25, -0.2) is 4.98 Å². The fourth-order valence-corrected chi connectivity index (χ4v) is 3.17. The van der Waals surface area contributed by atoms with Crippen molar-refractivity contribution in [2.45, 2.75) is 17.9 Å². The zero-order valence-electron chi connectivity index (χ0n) is 9.09. The summed E-state index contributed by atoms with van der Waals surface area (Å²) in [5.74, 6) is 1.35. The molecular weight excluding hydrogens is 244 g/mol. The van der Waals surface area contributed by atoms with Gasteiger partial charge in [-0.1, -0.05) is 6.07 Å². The first-order valence-electron chi connectivity index (χ1n) is 5.36. The van der Waals surface area contributed by atoms with Gasteiger partial charge in [-0.05, 0) is 44.0 Å². The van der Waals surface area contributed by atoms with Crippen molar-refractivity contribution < 1.29 is 4.21 Å². The lowest BCUT2D eigenvalue weighted by Crippen LogP contribution is -2.30. The molecule has 5 heteroatoms.